The summed E-state index contributed by atoms with van der Waals surface area (Å²) in [6, 6.07) is 14.7. The van der Waals surface area contributed by atoms with E-state index in [2.05, 4.69) is 44.4 Å². The van der Waals surface area contributed by atoms with Crippen molar-refractivity contribution in [3.63, 3.8) is 0 Å². The van der Waals surface area contributed by atoms with Gasteiger partial charge in [0.1, 0.15) is 11.9 Å². The van der Waals surface area contributed by atoms with Crippen molar-refractivity contribution in [1.29, 1.82) is 0 Å². The quantitative estimate of drug-likeness (QED) is 0.802. The van der Waals surface area contributed by atoms with E-state index >= 15 is 0 Å². The van der Waals surface area contributed by atoms with E-state index in [0.717, 1.165) is 5.56 Å². The van der Waals surface area contributed by atoms with Crippen molar-refractivity contribution in [2.45, 2.75) is 45.9 Å². The molecule has 0 aliphatic carbocycles. The van der Waals surface area contributed by atoms with Gasteiger partial charge in [0.2, 0.25) is 0 Å². The Morgan fingerprint density at radius 1 is 1.00 bits per heavy atom. The van der Waals surface area contributed by atoms with E-state index in [1.165, 1.54) is 12.1 Å². The van der Waals surface area contributed by atoms with Crippen LogP contribution in [0.25, 0.3) is 11.1 Å². The van der Waals surface area contributed by atoms with Crippen LogP contribution < -0.4 is 0 Å². The van der Waals surface area contributed by atoms with Crippen molar-refractivity contribution in [1.82, 2.24) is 4.90 Å². The molecule has 0 saturated heterocycles. The minimum absolute atomic E-state index is 0.325. The van der Waals surface area contributed by atoms with Gasteiger partial charge in [-0.25, -0.2) is 4.39 Å². The Bertz CT molecular complexity index is 736. The fourth-order valence-electron chi connectivity index (χ4n) is 2.91. The summed E-state index contributed by atoms with van der Waals surface area (Å²) >= 11 is 0. The molecule has 132 valence electrons. The van der Waals surface area contributed by atoms with Gasteiger partial charge in [-0.05, 0) is 51.0 Å². The second-order valence-electron chi connectivity index (χ2n) is 6.68. The molecule has 2 nitrogen and oxygen atoms in total. The van der Waals surface area contributed by atoms with Crippen LogP contribution in [0, 0.1) is 17.7 Å². The van der Waals surface area contributed by atoms with Crippen molar-refractivity contribution >= 4 is 0 Å². The zero-order valence-corrected chi connectivity index (χ0v) is 15.3. The van der Waals surface area contributed by atoms with Gasteiger partial charge in [0.15, 0.2) is 0 Å². The highest BCUT2D eigenvalue weighted by Gasteiger charge is 2.14. The first-order valence-electron chi connectivity index (χ1n) is 8.67. The van der Waals surface area contributed by atoms with Crippen molar-refractivity contribution in [2.24, 2.45) is 0 Å². The molecular weight excluding hydrogens is 313 g/mol. The molecule has 0 heterocycles. The van der Waals surface area contributed by atoms with Crippen molar-refractivity contribution in [3.05, 3.63) is 59.9 Å². The van der Waals surface area contributed by atoms with Gasteiger partial charge in [-0.2, -0.15) is 0 Å². The SMILES string of the molecule is CC(C)N(CC#CC(O)c1ccc(F)cc1-c1ccccc1)C(C)C. The fraction of sp³-hybridized carbons (Fsp3) is 0.364. The Hall–Kier alpha value is -2.15. The molecular formula is C22H26FNO. The molecule has 2 aromatic carbocycles. The van der Waals surface area contributed by atoms with E-state index in [4.69, 9.17) is 0 Å². The second-order valence-corrected chi connectivity index (χ2v) is 6.68. The summed E-state index contributed by atoms with van der Waals surface area (Å²) in [5.74, 6) is 5.66. The van der Waals surface area contributed by atoms with Crippen molar-refractivity contribution < 1.29 is 9.50 Å². The Labute approximate surface area is 150 Å². The van der Waals surface area contributed by atoms with Gasteiger partial charge in [-0.1, -0.05) is 48.2 Å². The molecule has 0 saturated carbocycles. The topological polar surface area (TPSA) is 23.5 Å². The third-order valence-electron chi connectivity index (χ3n) is 4.22. The van der Waals surface area contributed by atoms with Crippen LogP contribution in [0.2, 0.25) is 0 Å². The van der Waals surface area contributed by atoms with Crippen LogP contribution >= 0.6 is 0 Å². The lowest BCUT2D eigenvalue weighted by atomic mass is 9.96. The number of hydrogen-bond acceptors (Lipinski definition) is 2. The molecule has 0 radical (unpaired) electrons. The van der Waals surface area contributed by atoms with Gasteiger partial charge < -0.3 is 5.11 Å². The molecule has 25 heavy (non-hydrogen) atoms. The highest BCUT2D eigenvalue weighted by Crippen LogP contribution is 2.28. The van der Waals surface area contributed by atoms with Crippen LogP contribution in [-0.4, -0.2) is 28.6 Å². The van der Waals surface area contributed by atoms with E-state index in [9.17, 15) is 9.50 Å². The Morgan fingerprint density at radius 3 is 2.24 bits per heavy atom. The van der Waals surface area contributed by atoms with Gasteiger partial charge in [0.05, 0.1) is 6.54 Å². The minimum atomic E-state index is -0.947. The van der Waals surface area contributed by atoms with Crippen LogP contribution in [0.4, 0.5) is 4.39 Å². The molecule has 0 fully saturated rings. The number of aliphatic hydroxyl groups is 1. The van der Waals surface area contributed by atoms with Gasteiger partial charge in [0.25, 0.3) is 0 Å². The zero-order valence-electron chi connectivity index (χ0n) is 15.3. The molecule has 0 aliphatic heterocycles. The summed E-state index contributed by atoms with van der Waals surface area (Å²) < 4.78 is 13.7. The lowest BCUT2D eigenvalue weighted by molar-refractivity contribution is 0.199. The van der Waals surface area contributed by atoms with E-state index in [0.29, 0.717) is 29.8 Å². The minimum Gasteiger partial charge on any atom is -0.376 e. The first-order chi connectivity index (χ1) is 11.9. The maximum absolute atomic E-state index is 13.7. The van der Waals surface area contributed by atoms with Gasteiger partial charge in [-0.3, -0.25) is 4.90 Å². The van der Waals surface area contributed by atoms with Gasteiger partial charge in [0, 0.05) is 17.6 Å². The number of nitrogens with zero attached hydrogens (tertiary/aromatic N) is 1. The first-order valence-corrected chi connectivity index (χ1v) is 8.67. The summed E-state index contributed by atoms with van der Waals surface area (Å²) in [6.45, 7) is 9.11. The number of rotatable bonds is 5. The average Bonchev–Trinajstić information content (AvgIpc) is 2.58. The first kappa shape index (κ1) is 19.2. The van der Waals surface area contributed by atoms with Crippen LogP contribution in [0.15, 0.2) is 48.5 Å². The Balaban J connectivity index is 2.26. The van der Waals surface area contributed by atoms with E-state index in [1.54, 1.807) is 6.07 Å². The summed E-state index contributed by atoms with van der Waals surface area (Å²) in [5, 5.41) is 10.5. The van der Waals surface area contributed by atoms with E-state index in [1.807, 2.05) is 30.3 Å². The van der Waals surface area contributed by atoms with Gasteiger partial charge >= 0.3 is 0 Å². The Morgan fingerprint density at radius 2 is 1.64 bits per heavy atom. The predicted molar refractivity (Wildman–Crippen MR) is 102 cm³/mol. The van der Waals surface area contributed by atoms with Crippen LogP contribution in [-0.2, 0) is 0 Å². The average molecular weight is 339 g/mol. The summed E-state index contributed by atoms with van der Waals surface area (Å²) in [5.41, 5.74) is 2.16. The molecule has 2 aromatic rings. The predicted octanol–water partition coefficient (Wildman–Crippen LogP) is 4.65. The molecule has 0 spiro atoms. The summed E-state index contributed by atoms with van der Waals surface area (Å²) in [4.78, 5) is 2.25. The maximum atomic E-state index is 13.7. The standard InChI is InChI=1S/C22H26FNO/c1-16(2)24(17(3)4)14-8-11-22(25)20-13-12-19(23)15-21(20)18-9-6-5-7-10-18/h5-7,9-10,12-13,15-17,22,25H,14H2,1-4H3. The fourth-order valence-corrected chi connectivity index (χ4v) is 2.91. The molecule has 0 aromatic heterocycles. The molecule has 1 N–H and O–H groups in total. The second kappa shape index (κ2) is 8.80. The number of benzene rings is 2. The lowest BCUT2D eigenvalue weighted by Gasteiger charge is -2.28. The summed E-state index contributed by atoms with van der Waals surface area (Å²) in [7, 11) is 0. The molecule has 0 amide bonds. The molecule has 0 bridgehead atoms. The van der Waals surface area contributed by atoms with Gasteiger partial charge in [-0.15, -0.1) is 0 Å². The monoisotopic (exact) mass is 339 g/mol. The molecule has 1 unspecified atom stereocenters. The maximum Gasteiger partial charge on any atom is 0.140 e. The largest absolute Gasteiger partial charge is 0.376 e. The van der Waals surface area contributed by atoms with E-state index in [-0.39, 0.29) is 5.82 Å². The third-order valence-corrected chi connectivity index (χ3v) is 4.22. The number of aliphatic hydroxyl groups excluding tert-OH is 1. The number of halogens is 1. The molecule has 3 heteroatoms. The summed E-state index contributed by atoms with van der Waals surface area (Å²) in [6.07, 6.45) is -0.947. The highest BCUT2D eigenvalue weighted by molar-refractivity contribution is 5.68. The van der Waals surface area contributed by atoms with E-state index < -0.39 is 6.10 Å². The molecule has 0 aliphatic rings. The molecule has 1 atom stereocenters. The highest BCUT2D eigenvalue weighted by atomic mass is 19.1. The lowest BCUT2D eigenvalue weighted by Crippen LogP contribution is -2.37. The Kier molecular flexibility index (Phi) is 6.75. The van der Waals surface area contributed by atoms with Crippen LogP contribution in [0.1, 0.15) is 39.4 Å². The van der Waals surface area contributed by atoms with Crippen LogP contribution in [0.5, 0.6) is 0 Å². The normalized spacial score (nSPS) is 12.4. The van der Waals surface area contributed by atoms with Crippen molar-refractivity contribution in [2.75, 3.05) is 6.54 Å². The number of hydrogen-bond donors (Lipinski definition) is 1. The van der Waals surface area contributed by atoms with Crippen LogP contribution in [0.3, 0.4) is 0 Å². The smallest absolute Gasteiger partial charge is 0.140 e. The zero-order chi connectivity index (χ0) is 18.4. The molecule has 2 rings (SSSR count). The van der Waals surface area contributed by atoms with Crippen molar-refractivity contribution in [3.8, 4) is 23.0 Å². The third kappa shape index (κ3) is 5.16.